The zero-order valence-electron chi connectivity index (χ0n) is 7.75. The molecule has 1 fully saturated rings. The summed E-state index contributed by atoms with van der Waals surface area (Å²) < 4.78 is 5.05. The summed E-state index contributed by atoms with van der Waals surface area (Å²) in [6.07, 6.45) is 4.37. The Morgan fingerprint density at radius 1 is 1.77 bits per heavy atom. The van der Waals surface area contributed by atoms with Gasteiger partial charge in [-0.05, 0) is 31.8 Å². The van der Waals surface area contributed by atoms with E-state index in [1.54, 1.807) is 18.4 Å². The quantitative estimate of drug-likeness (QED) is 0.795. The van der Waals surface area contributed by atoms with E-state index in [1.165, 1.54) is 17.8 Å². The molecular weight excluding hydrogens is 184 g/mol. The van der Waals surface area contributed by atoms with Gasteiger partial charge in [-0.1, -0.05) is 11.3 Å². The standard InChI is InChI=1S/C9H14N2OS/c1-12-9-11-6-8(13-9)4-7-2-3-10-5-7/h6-7,10H,2-5H2,1H3. The SMILES string of the molecule is COc1ncc(CC2CCNC2)s1. The molecule has 1 atom stereocenters. The first-order valence-corrected chi connectivity index (χ1v) is 5.39. The van der Waals surface area contributed by atoms with Crippen molar-refractivity contribution in [2.24, 2.45) is 5.92 Å². The van der Waals surface area contributed by atoms with Gasteiger partial charge in [0, 0.05) is 11.1 Å². The predicted octanol–water partition coefficient (Wildman–Crippen LogP) is 1.30. The zero-order chi connectivity index (χ0) is 9.10. The lowest BCUT2D eigenvalue weighted by atomic mass is 10.0. The van der Waals surface area contributed by atoms with Crippen LogP contribution in [0.25, 0.3) is 0 Å². The van der Waals surface area contributed by atoms with Crippen LogP contribution in [0.3, 0.4) is 0 Å². The van der Waals surface area contributed by atoms with Crippen molar-refractivity contribution in [1.29, 1.82) is 0 Å². The summed E-state index contributed by atoms with van der Waals surface area (Å²) >= 11 is 1.66. The molecule has 4 heteroatoms. The topological polar surface area (TPSA) is 34.1 Å². The monoisotopic (exact) mass is 198 g/mol. The maximum atomic E-state index is 5.05. The number of rotatable bonds is 3. The van der Waals surface area contributed by atoms with Crippen LogP contribution in [-0.2, 0) is 6.42 Å². The average molecular weight is 198 g/mol. The minimum Gasteiger partial charge on any atom is -0.473 e. The molecule has 13 heavy (non-hydrogen) atoms. The van der Waals surface area contributed by atoms with Crippen LogP contribution in [0.1, 0.15) is 11.3 Å². The molecule has 0 bridgehead atoms. The number of ether oxygens (including phenoxy) is 1. The van der Waals surface area contributed by atoms with E-state index in [-0.39, 0.29) is 0 Å². The Bertz CT molecular complexity index is 268. The molecule has 0 aromatic carbocycles. The van der Waals surface area contributed by atoms with E-state index in [0.717, 1.165) is 24.1 Å². The normalized spacial score (nSPS) is 22.1. The molecule has 0 aliphatic carbocycles. The van der Waals surface area contributed by atoms with Crippen LogP contribution in [0.2, 0.25) is 0 Å². The van der Waals surface area contributed by atoms with Gasteiger partial charge in [0.05, 0.1) is 7.11 Å². The van der Waals surface area contributed by atoms with Crippen molar-refractivity contribution in [3.05, 3.63) is 11.1 Å². The van der Waals surface area contributed by atoms with Crippen LogP contribution in [0.5, 0.6) is 5.19 Å². The van der Waals surface area contributed by atoms with Gasteiger partial charge in [-0.2, -0.15) is 0 Å². The summed E-state index contributed by atoms with van der Waals surface area (Å²) in [5.74, 6) is 0.796. The smallest absolute Gasteiger partial charge is 0.273 e. The average Bonchev–Trinajstić information content (AvgIpc) is 2.76. The number of hydrogen-bond acceptors (Lipinski definition) is 4. The van der Waals surface area contributed by atoms with Gasteiger partial charge in [-0.15, -0.1) is 0 Å². The highest BCUT2D eigenvalue weighted by molar-refractivity contribution is 7.13. The van der Waals surface area contributed by atoms with E-state index in [1.807, 2.05) is 6.20 Å². The third-order valence-corrected chi connectivity index (χ3v) is 3.34. The molecule has 1 N–H and O–H groups in total. The van der Waals surface area contributed by atoms with Gasteiger partial charge in [0.25, 0.3) is 5.19 Å². The van der Waals surface area contributed by atoms with E-state index in [0.29, 0.717) is 0 Å². The van der Waals surface area contributed by atoms with Crippen molar-refractivity contribution in [3.8, 4) is 5.19 Å². The van der Waals surface area contributed by atoms with Gasteiger partial charge in [-0.25, -0.2) is 4.98 Å². The molecule has 72 valence electrons. The van der Waals surface area contributed by atoms with Crippen LogP contribution < -0.4 is 10.1 Å². The van der Waals surface area contributed by atoms with Gasteiger partial charge in [-0.3, -0.25) is 0 Å². The molecule has 1 aliphatic heterocycles. The molecule has 0 radical (unpaired) electrons. The first kappa shape index (κ1) is 8.97. The summed E-state index contributed by atoms with van der Waals surface area (Å²) in [4.78, 5) is 5.49. The summed E-state index contributed by atoms with van der Waals surface area (Å²) in [6.45, 7) is 2.32. The molecule has 1 unspecified atom stereocenters. The molecule has 3 nitrogen and oxygen atoms in total. The van der Waals surface area contributed by atoms with Gasteiger partial charge >= 0.3 is 0 Å². The van der Waals surface area contributed by atoms with E-state index in [4.69, 9.17) is 4.74 Å². The summed E-state index contributed by atoms with van der Waals surface area (Å²) in [5, 5.41) is 4.14. The molecule has 2 heterocycles. The maximum Gasteiger partial charge on any atom is 0.273 e. The predicted molar refractivity (Wildman–Crippen MR) is 53.3 cm³/mol. The third-order valence-electron chi connectivity index (χ3n) is 2.36. The molecule has 1 aliphatic rings. The third kappa shape index (κ3) is 2.19. The molecule has 1 aromatic heterocycles. The fraction of sp³-hybridized carbons (Fsp3) is 0.667. The molecule has 0 amide bonds. The van der Waals surface area contributed by atoms with Crippen molar-refractivity contribution >= 4 is 11.3 Å². The van der Waals surface area contributed by atoms with Gasteiger partial charge in [0.15, 0.2) is 0 Å². The number of hydrogen-bond donors (Lipinski definition) is 1. The van der Waals surface area contributed by atoms with E-state index in [2.05, 4.69) is 10.3 Å². The number of aromatic nitrogens is 1. The Hall–Kier alpha value is -0.610. The molecule has 1 saturated heterocycles. The number of nitrogens with one attached hydrogen (secondary N) is 1. The van der Waals surface area contributed by atoms with Gasteiger partial charge in [0.2, 0.25) is 0 Å². The minimum atomic E-state index is 0.779. The second kappa shape index (κ2) is 4.07. The Kier molecular flexibility index (Phi) is 2.80. The first-order valence-electron chi connectivity index (χ1n) is 4.58. The fourth-order valence-electron chi connectivity index (χ4n) is 1.65. The van der Waals surface area contributed by atoms with Crippen LogP contribution in [0, 0.1) is 5.92 Å². The van der Waals surface area contributed by atoms with Crippen molar-refractivity contribution in [1.82, 2.24) is 10.3 Å². The molecule has 0 saturated carbocycles. The molecule has 0 spiro atoms. The van der Waals surface area contributed by atoms with Crippen molar-refractivity contribution in [3.63, 3.8) is 0 Å². The Morgan fingerprint density at radius 3 is 3.31 bits per heavy atom. The van der Waals surface area contributed by atoms with Crippen molar-refractivity contribution in [2.45, 2.75) is 12.8 Å². The van der Waals surface area contributed by atoms with Crippen LogP contribution in [0.4, 0.5) is 0 Å². The largest absolute Gasteiger partial charge is 0.473 e. The highest BCUT2D eigenvalue weighted by Gasteiger charge is 2.16. The van der Waals surface area contributed by atoms with Gasteiger partial charge in [0.1, 0.15) is 0 Å². The lowest BCUT2D eigenvalue weighted by Crippen LogP contribution is -2.10. The van der Waals surface area contributed by atoms with Crippen LogP contribution >= 0.6 is 11.3 Å². The second-order valence-electron chi connectivity index (χ2n) is 3.36. The summed E-state index contributed by atoms with van der Waals surface area (Å²) in [6, 6.07) is 0. The van der Waals surface area contributed by atoms with Crippen LogP contribution in [0.15, 0.2) is 6.20 Å². The lowest BCUT2D eigenvalue weighted by Gasteiger charge is -2.03. The Balaban J connectivity index is 1.92. The molecular formula is C9H14N2OS. The van der Waals surface area contributed by atoms with E-state index in [9.17, 15) is 0 Å². The van der Waals surface area contributed by atoms with E-state index < -0.39 is 0 Å². The highest BCUT2D eigenvalue weighted by atomic mass is 32.1. The van der Waals surface area contributed by atoms with Crippen molar-refractivity contribution in [2.75, 3.05) is 20.2 Å². The van der Waals surface area contributed by atoms with Crippen LogP contribution in [-0.4, -0.2) is 25.2 Å². The zero-order valence-corrected chi connectivity index (χ0v) is 8.56. The number of methoxy groups -OCH3 is 1. The highest BCUT2D eigenvalue weighted by Crippen LogP contribution is 2.24. The maximum absolute atomic E-state index is 5.05. The second-order valence-corrected chi connectivity index (χ2v) is 4.44. The van der Waals surface area contributed by atoms with E-state index >= 15 is 0 Å². The molecule has 1 aromatic rings. The number of thiazole rings is 1. The lowest BCUT2D eigenvalue weighted by molar-refractivity contribution is 0.412. The number of nitrogens with zero attached hydrogens (tertiary/aromatic N) is 1. The molecule has 2 rings (SSSR count). The Morgan fingerprint density at radius 2 is 2.69 bits per heavy atom. The fourth-order valence-corrected chi connectivity index (χ4v) is 2.49. The Labute approximate surface area is 82.1 Å². The minimum absolute atomic E-state index is 0.779. The van der Waals surface area contributed by atoms with Gasteiger partial charge < -0.3 is 10.1 Å². The first-order chi connectivity index (χ1) is 6.38. The summed E-state index contributed by atoms with van der Waals surface area (Å²) in [5.41, 5.74) is 0. The van der Waals surface area contributed by atoms with Crippen molar-refractivity contribution < 1.29 is 4.74 Å². The summed E-state index contributed by atoms with van der Waals surface area (Å²) in [7, 11) is 1.67.